The predicted octanol–water partition coefficient (Wildman–Crippen LogP) is 3.80. The van der Waals surface area contributed by atoms with E-state index in [1.54, 1.807) is 37.3 Å². The molecule has 0 aliphatic carbocycles. The molecule has 2 aromatic rings. The van der Waals surface area contributed by atoms with Gasteiger partial charge < -0.3 is 15.0 Å². The van der Waals surface area contributed by atoms with Crippen molar-refractivity contribution in [3.05, 3.63) is 64.9 Å². The highest BCUT2D eigenvalue weighted by Crippen LogP contribution is 2.17. The number of halogens is 2. The third-order valence-electron chi connectivity index (χ3n) is 4.05. The first kappa shape index (κ1) is 21.7. The highest BCUT2D eigenvalue weighted by molar-refractivity contribution is 6.30. The van der Waals surface area contributed by atoms with E-state index in [4.69, 9.17) is 16.3 Å². The van der Waals surface area contributed by atoms with Crippen molar-refractivity contribution in [2.45, 2.75) is 39.4 Å². The summed E-state index contributed by atoms with van der Waals surface area (Å²) in [6.07, 6.45) is 0. The number of carbonyl (C=O) groups is 2. The van der Waals surface area contributed by atoms with Crippen molar-refractivity contribution in [2.24, 2.45) is 0 Å². The lowest BCUT2D eigenvalue weighted by Crippen LogP contribution is -2.50. The lowest BCUT2D eigenvalue weighted by Gasteiger charge is -2.29. The van der Waals surface area contributed by atoms with Gasteiger partial charge in [-0.05, 0) is 50.6 Å². The van der Waals surface area contributed by atoms with Gasteiger partial charge in [0.15, 0.2) is 18.2 Å². The van der Waals surface area contributed by atoms with Gasteiger partial charge in [-0.1, -0.05) is 35.9 Å². The molecule has 1 unspecified atom stereocenters. The summed E-state index contributed by atoms with van der Waals surface area (Å²) < 4.78 is 19.1. The van der Waals surface area contributed by atoms with Crippen LogP contribution in [-0.2, 0) is 16.1 Å². The highest BCUT2D eigenvalue weighted by Gasteiger charge is 2.27. The quantitative estimate of drug-likeness (QED) is 0.725. The summed E-state index contributed by atoms with van der Waals surface area (Å²) in [4.78, 5) is 26.7. The minimum absolute atomic E-state index is 0.0124. The van der Waals surface area contributed by atoms with E-state index < -0.39 is 17.8 Å². The Morgan fingerprint density at radius 1 is 1.11 bits per heavy atom. The molecule has 0 saturated heterocycles. The average Bonchev–Trinajstić information content (AvgIpc) is 2.65. The van der Waals surface area contributed by atoms with Crippen LogP contribution >= 0.6 is 11.6 Å². The van der Waals surface area contributed by atoms with Crippen LogP contribution in [0, 0.1) is 5.82 Å². The van der Waals surface area contributed by atoms with Crippen molar-refractivity contribution >= 4 is 23.4 Å². The third kappa shape index (κ3) is 6.23. The van der Waals surface area contributed by atoms with E-state index in [1.165, 1.54) is 23.1 Å². The Kier molecular flexibility index (Phi) is 7.81. The first-order chi connectivity index (χ1) is 13.3. The summed E-state index contributed by atoms with van der Waals surface area (Å²) in [7, 11) is 0. The van der Waals surface area contributed by atoms with Gasteiger partial charge in [-0.3, -0.25) is 9.59 Å². The summed E-state index contributed by atoms with van der Waals surface area (Å²) in [5.41, 5.74) is 0.813. The van der Waals surface area contributed by atoms with Crippen molar-refractivity contribution in [3.8, 4) is 5.75 Å². The summed E-state index contributed by atoms with van der Waals surface area (Å²) in [6, 6.07) is 12.1. The van der Waals surface area contributed by atoms with Gasteiger partial charge in [-0.2, -0.15) is 0 Å². The second kappa shape index (κ2) is 10.1. The molecule has 0 aliphatic rings. The van der Waals surface area contributed by atoms with Crippen LogP contribution in [-0.4, -0.2) is 35.4 Å². The van der Waals surface area contributed by atoms with Crippen LogP contribution in [0.4, 0.5) is 4.39 Å². The maximum absolute atomic E-state index is 13.7. The molecule has 2 amide bonds. The fraction of sp³-hybridized carbons (Fsp3) is 0.333. The number of nitrogens with one attached hydrogen (secondary N) is 1. The molecule has 0 heterocycles. The first-order valence-electron chi connectivity index (χ1n) is 8.99. The van der Waals surface area contributed by atoms with E-state index in [2.05, 4.69) is 5.32 Å². The third-order valence-corrected chi connectivity index (χ3v) is 4.30. The van der Waals surface area contributed by atoms with Crippen molar-refractivity contribution in [1.29, 1.82) is 0 Å². The molecule has 0 fully saturated rings. The van der Waals surface area contributed by atoms with Gasteiger partial charge in [0.1, 0.15) is 6.04 Å². The molecule has 5 nitrogen and oxygen atoms in total. The van der Waals surface area contributed by atoms with Crippen molar-refractivity contribution < 1.29 is 18.7 Å². The maximum Gasteiger partial charge on any atom is 0.261 e. The predicted molar refractivity (Wildman–Crippen MR) is 107 cm³/mol. The lowest BCUT2D eigenvalue weighted by atomic mass is 10.1. The average molecular weight is 407 g/mol. The largest absolute Gasteiger partial charge is 0.481 e. The van der Waals surface area contributed by atoms with Crippen LogP contribution in [0.15, 0.2) is 48.5 Å². The van der Waals surface area contributed by atoms with Crippen molar-refractivity contribution in [3.63, 3.8) is 0 Å². The molecule has 0 radical (unpaired) electrons. The molecule has 0 aliphatic heterocycles. The standard InChI is InChI=1S/C21H24ClFN2O3/c1-14(2)24-21(27)15(3)25(12-16-8-10-17(22)11-9-16)20(26)13-28-19-7-5-4-6-18(19)23/h4-11,14-15H,12-13H2,1-3H3,(H,24,27). The number of amides is 2. The maximum atomic E-state index is 13.7. The Morgan fingerprint density at radius 2 is 1.75 bits per heavy atom. The molecule has 0 spiro atoms. The molecule has 2 rings (SSSR count). The second-order valence-corrected chi connectivity index (χ2v) is 7.14. The lowest BCUT2D eigenvalue weighted by molar-refractivity contribution is -0.142. The summed E-state index contributed by atoms with van der Waals surface area (Å²) in [6.45, 7) is 5.15. The summed E-state index contributed by atoms with van der Waals surface area (Å²) >= 11 is 5.91. The number of hydrogen-bond acceptors (Lipinski definition) is 3. The molecule has 0 aromatic heterocycles. The normalized spacial score (nSPS) is 11.8. The molecule has 150 valence electrons. The Hall–Kier alpha value is -2.60. The molecule has 2 aromatic carbocycles. The summed E-state index contributed by atoms with van der Waals surface area (Å²) in [5, 5.41) is 3.38. The van der Waals surface area contributed by atoms with Gasteiger partial charge in [0.2, 0.25) is 5.91 Å². The van der Waals surface area contributed by atoms with Crippen LogP contribution in [0.2, 0.25) is 5.02 Å². The zero-order valence-electron chi connectivity index (χ0n) is 16.1. The molecular formula is C21H24ClFN2O3. The molecule has 7 heteroatoms. The molecule has 0 bridgehead atoms. The van der Waals surface area contributed by atoms with E-state index in [0.717, 1.165) is 5.56 Å². The fourth-order valence-corrected chi connectivity index (χ4v) is 2.68. The Morgan fingerprint density at radius 3 is 2.36 bits per heavy atom. The zero-order valence-corrected chi connectivity index (χ0v) is 16.9. The van der Waals surface area contributed by atoms with E-state index in [9.17, 15) is 14.0 Å². The number of benzene rings is 2. The monoisotopic (exact) mass is 406 g/mol. The zero-order chi connectivity index (χ0) is 20.7. The first-order valence-corrected chi connectivity index (χ1v) is 9.37. The molecule has 1 atom stereocenters. The number of carbonyl (C=O) groups excluding carboxylic acids is 2. The van der Waals surface area contributed by atoms with Gasteiger partial charge in [0, 0.05) is 17.6 Å². The number of nitrogens with zero attached hydrogens (tertiary/aromatic N) is 1. The second-order valence-electron chi connectivity index (χ2n) is 6.71. The fourth-order valence-electron chi connectivity index (χ4n) is 2.56. The van der Waals surface area contributed by atoms with Crippen LogP contribution < -0.4 is 10.1 Å². The minimum Gasteiger partial charge on any atom is -0.481 e. The van der Waals surface area contributed by atoms with Crippen LogP contribution in [0.5, 0.6) is 5.75 Å². The highest BCUT2D eigenvalue weighted by atomic mass is 35.5. The summed E-state index contributed by atoms with van der Waals surface area (Å²) in [5.74, 6) is -1.26. The Balaban J connectivity index is 2.15. The van der Waals surface area contributed by atoms with E-state index in [0.29, 0.717) is 5.02 Å². The SMILES string of the molecule is CC(C)NC(=O)C(C)N(Cc1ccc(Cl)cc1)C(=O)COc1ccccc1F. The number of para-hydroxylation sites is 1. The van der Waals surface area contributed by atoms with Crippen LogP contribution in [0.25, 0.3) is 0 Å². The van der Waals surface area contributed by atoms with Gasteiger partial charge in [0.25, 0.3) is 5.91 Å². The smallest absolute Gasteiger partial charge is 0.261 e. The van der Waals surface area contributed by atoms with Gasteiger partial charge in [-0.15, -0.1) is 0 Å². The molecule has 0 saturated carbocycles. The number of hydrogen-bond donors (Lipinski definition) is 1. The van der Waals surface area contributed by atoms with Gasteiger partial charge in [0.05, 0.1) is 0 Å². The van der Waals surface area contributed by atoms with Crippen molar-refractivity contribution in [1.82, 2.24) is 10.2 Å². The number of ether oxygens (including phenoxy) is 1. The molecule has 28 heavy (non-hydrogen) atoms. The molecular weight excluding hydrogens is 383 g/mol. The molecule has 1 N–H and O–H groups in total. The van der Waals surface area contributed by atoms with E-state index >= 15 is 0 Å². The van der Waals surface area contributed by atoms with E-state index in [1.807, 2.05) is 13.8 Å². The van der Waals surface area contributed by atoms with Crippen molar-refractivity contribution in [2.75, 3.05) is 6.61 Å². The Labute approximate surface area is 169 Å². The Bertz CT molecular complexity index is 812. The van der Waals surface area contributed by atoms with Crippen LogP contribution in [0.1, 0.15) is 26.3 Å². The minimum atomic E-state index is -0.727. The topological polar surface area (TPSA) is 58.6 Å². The number of rotatable bonds is 8. The van der Waals surface area contributed by atoms with Crippen LogP contribution in [0.3, 0.4) is 0 Å². The van der Waals surface area contributed by atoms with Gasteiger partial charge in [-0.25, -0.2) is 4.39 Å². The van der Waals surface area contributed by atoms with Gasteiger partial charge >= 0.3 is 0 Å². The van der Waals surface area contributed by atoms with E-state index in [-0.39, 0.29) is 30.9 Å².